The normalized spacial score (nSPS) is 15.7. The number of anilines is 2. The first kappa shape index (κ1) is 20.7. The molecule has 3 heterocycles. The van der Waals surface area contributed by atoms with Gasteiger partial charge in [-0.3, -0.25) is 14.4 Å². The van der Waals surface area contributed by atoms with Gasteiger partial charge in [0.25, 0.3) is 11.8 Å². The predicted octanol–water partition coefficient (Wildman–Crippen LogP) is 2.31. The molecule has 0 unspecified atom stereocenters. The second-order valence-electron chi connectivity index (χ2n) is 8.00. The molecule has 0 aliphatic carbocycles. The van der Waals surface area contributed by atoms with Gasteiger partial charge in [0.05, 0.1) is 7.11 Å². The van der Waals surface area contributed by atoms with E-state index in [9.17, 15) is 14.4 Å². The molecule has 3 amide bonds. The number of nitrogens with two attached hydrogens (primary N) is 1. The molecule has 0 radical (unpaired) electrons. The van der Waals surface area contributed by atoms with E-state index in [1.807, 2.05) is 30.3 Å². The summed E-state index contributed by atoms with van der Waals surface area (Å²) in [6, 6.07) is 14.5. The molecule has 1 aromatic heterocycles. The number of amides is 3. The molecule has 0 spiro atoms. The molecule has 9 nitrogen and oxygen atoms in total. The predicted molar refractivity (Wildman–Crippen MR) is 122 cm³/mol. The largest absolute Gasteiger partial charge is 0.494 e. The molecule has 168 valence electrons. The van der Waals surface area contributed by atoms with E-state index >= 15 is 0 Å². The highest BCUT2D eigenvalue weighted by Crippen LogP contribution is 2.32. The minimum Gasteiger partial charge on any atom is -0.494 e. The molecule has 2 aliphatic rings. The van der Waals surface area contributed by atoms with Gasteiger partial charge >= 0.3 is 0 Å². The lowest BCUT2D eigenvalue weighted by Crippen LogP contribution is -2.39. The van der Waals surface area contributed by atoms with Crippen LogP contribution < -0.4 is 20.3 Å². The van der Waals surface area contributed by atoms with Crippen LogP contribution in [0.2, 0.25) is 0 Å². The number of hydrogen-bond donors (Lipinski definition) is 1. The molecule has 33 heavy (non-hydrogen) atoms. The maximum Gasteiger partial charge on any atom is 0.277 e. The summed E-state index contributed by atoms with van der Waals surface area (Å²) in [7, 11) is 1.53. The van der Waals surface area contributed by atoms with Gasteiger partial charge in [-0.15, -0.1) is 0 Å². The zero-order valence-corrected chi connectivity index (χ0v) is 18.2. The third kappa shape index (κ3) is 3.42. The Morgan fingerprint density at radius 3 is 2.30 bits per heavy atom. The number of para-hydroxylation sites is 2. The van der Waals surface area contributed by atoms with Gasteiger partial charge in [0.2, 0.25) is 5.91 Å². The molecule has 2 aromatic carbocycles. The highest BCUT2D eigenvalue weighted by molar-refractivity contribution is 6.09. The van der Waals surface area contributed by atoms with Gasteiger partial charge in [0, 0.05) is 36.4 Å². The zero-order valence-electron chi connectivity index (χ0n) is 18.2. The number of benzene rings is 2. The van der Waals surface area contributed by atoms with Crippen molar-refractivity contribution in [3.05, 3.63) is 65.5 Å². The summed E-state index contributed by atoms with van der Waals surface area (Å²) >= 11 is 0. The molecule has 0 bridgehead atoms. The molecule has 0 saturated carbocycles. The number of carbonyl (C=O) groups excluding carboxylic acids is 3. The second-order valence-corrected chi connectivity index (χ2v) is 8.00. The minimum atomic E-state index is -0.680. The number of ether oxygens (including phenoxy) is 1. The summed E-state index contributed by atoms with van der Waals surface area (Å²) < 4.78 is 6.89. The number of methoxy groups -OCH3 is 1. The fourth-order valence-corrected chi connectivity index (χ4v) is 4.52. The topological polar surface area (TPSA) is 111 Å². The van der Waals surface area contributed by atoms with Crippen LogP contribution in [-0.2, 0) is 11.2 Å². The Labute approximate surface area is 190 Å². The SMILES string of the molecule is COc1ccccc1-n1nc(C(N)=O)c2c1C(=O)N(c1ccc(N3CCCC3=O)cc1)CC2. The Kier molecular flexibility index (Phi) is 5.08. The number of hydrogen-bond acceptors (Lipinski definition) is 5. The van der Waals surface area contributed by atoms with E-state index in [-0.39, 0.29) is 17.5 Å². The average molecular weight is 445 g/mol. The lowest BCUT2D eigenvalue weighted by Gasteiger charge is -2.28. The molecule has 2 aliphatic heterocycles. The standard InChI is InChI=1S/C24H23N5O4/c1-33-19-6-3-2-5-18(19)29-22-17(21(26-29)23(25)31)12-14-28(24(22)32)16-10-8-15(9-11-16)27-13-4-7-20(27)30/h2-3,5-6,8-11H,4,7,12-14H2,1H3,(H2,25,31). The Morgan fingerprint density at radius 2 is 1.67 bits per heavy atom. The van der Waals surface area contributed by atoms with Crippen LogP contribution in [0.4, 0.5) is 11.4 Å². The van der Waals surface area contributed by atoms with Crippen LogP contribution in [0.1, 0.15) is 39.4 Å². The van der Waals surface area contributed by atoms with Crippen molar-refractivity contribution in [2.75, 3.05) is 30.0 Å². The molecule has 1 fully saturated rings. The van der Waals surface area contributed by atoms with Crippen LogP contribution in [0.3, 0.4) is 0 Å². The lowest BCUT2D eigenvalue weighted by atomic mass is 10.0. The molecule has 5 rings (SSSR count). The van der Waals surface area contributed by atoms with E-state index in [1.165, 1.54) is 11.8 Å². The summed E-state index contributed by atoms with van der Waals surface area (Å²) in [4.78, 5) is 41.2. The van der Waals surface area contributed by atoms with Crippen molar-refractivity contribution in [2.45, 2.75) is 19.3 Å². The Morgan fingerprint density at radius 1 is 0.970 bits per heavy atom. The van der Waals surface area contributed by atoms with Crippen LogP contribution in [0.15, 0.2) is 48.5 Å². The summed E-state index contributed by atoms with van der Waals surface area (Å²) in [6.45, 7) is 1.09. The number of carbonyl (C=O) groups is 3. The van der Waals surface area contributed by atoms with Crippen molar-refractivity contribution in [3.63, 3.8) is 0 Å². The van der Waals surface area contributed by atoms with Crippen LogP contribution >= 0.6 is 0 Å². The number of rotatable bonds is 5. The van der Waals surface area contributed by atoms with Crippen LogP contribution in [-0.4, -0.2) is 47.7 Å². The number of primary amides is 1. The third-order valence-electron chi connectivity index (χ3n) is 6.11. The van der Waals surface area contributed by atoms with Crippen molar-refractivity contribution >= 4 is 29.1 Å². The molecule has 9 heteroatoms. The second kappa shape index (κ2) is 8.09. The summed E-state index contributed by atoms with van der Waals surface area (Å²) in [6.07, 6.45) is 1.84. The van der Waals surface area contributed by atoms with Crippen LogP contribution in [0.25, 0.3) is 5.69 Å². The van der Waals surface area contributed by atoms with Gasteiger partial charge < -0.3 is 20.3 Å². The molecular formula is C24H23N5O4. The van der Waals surface area contributed by atoms with E-state index in [1.54, 1.807) is 28.0 Å². The smallest absolute Gasteiger partial charge is 0.277 e. The van der Waals surface area contributed by atoms with Gasteiger partial charge in [0.15, 0.2) is 5.69 Å². The Bertz CT molecular complexity index is 1260. The van der Waals surface area contributed by atoms with E-state index in [4.69, 9.17) is 10.5 Å². The summed E-state index contributed by atoms with van der Waals surface area (Å²) in [5.41, 5.74) is 8.56. The molecule has 1 saturated heterocycles. The van der Waals surface area contributed by atoms with E-state index in [0.717, 1.165) is 12.1 Å². The molecule has 2 N–H and O–H groups in total. The quantitative estimate of drug-likeness (QED) is 0.648. The maximum atomic E-state index is 13.6. The fourth-order valence-electron chi connectivity index (χ4n) is 4.52. The third-order valence-corrected chi connectivity index (χ3v) is 6.11. The lowest BCUT2D eigenvalue weighted by molar-refractivity contribution is -0.117. The number of nitrogens with zero attached hydrogens (tertiary/aromatic N) is 4. The average Bonchev–Trinajstić information content (AvgIpc) is 3.44. The molecule has 0 atom stereocenters. The van der Waals surface area contributed by atoms with Gasteiger partial charge in [-0.25, -0.2) is 4.68 Å². The van der Waals surface area contributed by atoms with E-state index < -0.39 is 5.91 Å². The fraction of sp³-hybridized carbons (Fsp3) is 0.250. The maximum absolute atomic E-state index is 13.6. The van der Waals surface area contributed by atoms with Crippen LogP contribution in [0, 0.1) is 0 Å². The van der Waals surface area contributed by atoms with Gasteiger partial charge in [-0.1, -0.05) is 12.1 Å². The first-order chi connectivity index (χ1) is 16.0. The van der Waals surface area contributed by atoms with Crippen molar-refractivity contribution in [3.8, 4) is 11.4 Å². The molecular weight excluding hydrogens is 422 g/mol. The number of aromatic nitrogens is 2. The zero-order chi connectivity index (χ0) is 23.1. The van der Waals surface area contributed by atoms with Gasteiger partial charge in [0.1, 0.15) is 17.1 Å². The van der Waals surface area contributed by atoms with Crippen molar-refractivity contribution in [2.24, 2.45) is 5.73 Å². The Balaban J connectivity index is 1.54. The highest BCUT2D eigenvalue weighted by Gasteiger charge is 2.35. The van der Waals surface area contributed by atoms with Crippen molar-refractivity contribution in [1.29, 1.82) is 0 Å². The minimum absolute atomic E-state index is 0.0896. The van der Waals surface area contributed by atoms with Crippen molar-refractivity contribution in [1.82, 2.24) is 9.78 Å². The van der Waals surface area contributed by atoms with Gasteiger partial charge in [-0.2, -0.15) is 5.10 Å². The Hall–Kier alpha value is -4.14. The summed E-state index contributed by atoms with van der Waals surface area (Å²) in [5, 5.41) is 4.39. The first-order valence-electron chi connectivity index (χ1n) is 10.8. The van der Waals surface area contributed by atoms with Crippen LogP contribution in [0.5, 0.6) is 5.75 Å². The highest BCUT2D eigenvalue weighted by atomic mass is 16.5. The van der Waals surface area contributed by atoms with E-state index in [0.29, 0.717) is 54.3 Å². The van der Waals surface area contributed by atoms with Crippen molar-refractivity contribution < 1.29 is 19.1 Å². The monoisotopic (exact) mass is 445 g/mol. The summed E-state index contributed by atoms with van der Waals surface area (Å²) in [5.74, 6) is -0.336. The van der Waals surface area contributed by atoms with E-state index in [2.05, 4.69) is 5.10 Å². The number of fused-ring (bicyclic) bond motifs is 1. The molecule has 3 aromatic rings. The van der Waals surface area contributed by atoms with Gasteiger partial charge in [-0.05, 0) is 49.2 Å². The first-order valence-corrected chi connectivity index (χ1v) is 10.8.